The highest BCUT2D eigenvalue weighted by molar-refractivity contribution is 5.70. The average Bonchev–Trinajstić information content (AvgIpc) is 2.12. The van der Waals surface area contributed by atoms with E-state index in [1.54, 1.807) is 0 Å². The fourth-order valence-electron chi connectivity index (χ4n) is 0.672. The second kappa shape index (κ2) is 3.39. The minimum absolute atomic E-state index is 0. The lowest BCUT2D eigenvalue weighted by Gasteiger charge is -2.09. The van der Waals surface area contributed by atoms with Gasteiger partial charge in [-0.1, -0.05) is 0 Å². The molecule has 54 valence electrons. The van der Waals surface area contributed by atoms with Crippen LogP contribution >= 0.6 is 0 Å². The molecule has 1 heterocycles. The number of carbonyl (C=O) groups is 1. The van der Waals surface area contributed by atoms with Crippen LogP contribution in [0.4, 0.5) is 0 Å². The van der Waals surface area contributed by atoms with Crippen LogP contribution in [0.5, 0.6) is 0 Å². The molecule has 0 atom stereocenters. The van der Waals surface area contributed by atoms with Gasteiger partial charge in [-0.15, -0.1) is 0 Å². The molecule has 0 aromatic carbocycles. The molecule has 5 heteroatoms. The van der Waals surface area contributed by atoms with Crippen LogP contribution in [0, 0.1) is 0 Å². The zero-order chi connectivity index (χ0) is 5.98. The van der Waals surface area contributed by atoms with E-state index in [1.807, 2.05) is 0 Å². The Balaban J connectivity index is 0.000000640. The van der Waals surface area contributed by atoms with Crippen LogP contribution in [0.15, 0.2) is 0 Å². The molecule has 1 aliphatic rings. The predicted molar refractivity (Wildman–Crippen MR) is 30.8 cm³/mol. The third-order valence-corrected chi connectivity index (χ3v) is 1.06. The standard InChI is InChI=1S/C4H8N2O2.H3N/c7-4(8)3-5-1-2-6-3;/h3,5-6H,1-2H2,(H,7,8);1H3. The molecular weight excluding hydrogens is 122 g/mol. The molecule has 0 spiro atoms. The number of carbonyl (C=O) groups excluding carboxylic acids is 1. The molecule has 9 heavy (non-hydrogen) atoms. The lowest BCUT2D eigenvalue weighted by Crippen LogP contribution is -2.47. The van der Waals surface area contributed by atoms with Crippen molar-refractivity contribution < 1.29 is 9.90 Å². The summed E-state index contributed by atoms with van der Waals surface area (Å²) in [6, 6.07) is 0. The largest absolute Gasteiger partial charge is 0.547 e. The van der Waals surface area contributed by atoms with Crippen molar-refractivity contribution >= 4 is 5.97 Å². The molecule has 0 aromatic rings. The zero-order valence-corrected chi connectivity index (χ0v) is 5.31. The van der Waals surface area contributed by atoms with E-state index < -0.39 is 12.1 Å². The van der Waals surface area contributed by atoms with Gasteiger partial charge in [-0.2, -0.15) is 0 Å². The summed E-state index contributed by atoms with van der Waals surface area (Å²) in [5.41, 5.74) is 0. The summed E-state index contributed by atoms with van der Waals surface area (Å²) in [5.74, 6) is -1.08. The maximum atomic E-state index is 9.97. The fourth-order valence-corrected chi connectivity index (χ4v) is 0.672. The predicted octanol–water partition coefficient (Wildman–Crippen LogP) is -2.37. The second-order valence-electron chi connectivity index (χ2n) is 1.66. The normalized spacial score (nSPS) is 19.1. The minimum atomic E-state index is -1.08. The Morgan fingerprint density at radius 3 is 2.11 bits per heavy atom. The molecule has 0 saturated carbocycles. The Bertz CT molecular complexity index is 100.0. The van der Waals surface area contributed by atoms with Crippen LogP contribution < -0.4 is 21.9 Å². The fraction of sp³-hybridized carbons (Fsp3) is 0.750. The van der Waals surface area contributed by atoms with Gasteiger partial charge in [0, 0.05) is 13.1 Å². The van der Waals surface area contributed by atoms with E-state index in [0.717, 1.165) is 0 Å². The molecule has 0 aliphatic carbocycles. The Kier molecular flexibility index (Phi) is 3.15. The zero-order valence-electron chi connectivity index (χ0n) is 5.31. The third kappa shape index (κ3) is 1.96. The molecular formula is C4H11N3O2. The summed E-state index contributed by atoms with van der Waals surface area (Å²) < 4.78 is 0. The number of hydrogen-bond acceptors (Lipinski definition) is 4. The molecule has 0 bridgehead atoms. The molecule has 0 amide bonds. The van der Waals surface area contributed by atoms with E-state index in [4.69, 9.17) is 0 Å². The first kappa shape index (κ1) is 8.35. The van der Waals surface area contributed by atoms with E-state index in [1.165, 1.54) is 0 Å². The lowest BCUT2D eigenvalue weighted by molar-refractivity contribution is -0.308. The highest BCUT2D eigenvalue weighted by Crippen LogP contribution is 1.80. The molecule has 6 N–H and O–H groups in total. The third-order valence-electron chi connectivity index (χ3n) is 1.06. The molecule has 0 radical (unpaired) electrons. The summed E-state index contributed by atoms with van der Waals surface area (Å²) in [6.07, 6.45) is -0.630. The van der Waals surface area contributed by atoms with Crippen molar-refractivity contribution in [2.24, 2.45) is 0 Å². The topological polar surface area (TPSA) is 101 Å². The Labute approximate surface area is 53.0 Å². The first-order chi connectivity index (χ1) is 3.80. The summed E-state index contributed by atoms with van der Waals surface area (Å²) >= 11 is 0. The van der Waals surface area contributed by atoms with Gasteiger partial charge < -0.3 is 16.1 Å². The van der Waals surface area contributed by atoms with Crippen molar-refractivity contribution in [3.05, 3.63) is 0 Å². The van der Waals surface area contributed by atoms with Gasteiger partial charge in [0.1, 0.15) is 0 Å². The Morgan fingerprint density at radius 2 is 1.89 bits per heavy atom. The van der Waals surface area contributed by atoms with Gasteiger partial charge in [0.2, 0.25) is 0 Å². The maximum Gasteiger partial charge on any atom is 0.0984 e. The van der Waals surface area contributed by atoms with E-state index in [2.05, 4.69) is 10.6 Å². The van der Waals surface area contributed by atoms with Crippen molar-refractivity contribution in [2.45, 2.75) is 6.17 Å². The van der Waals surface area contributed by atoms with Crippen LogP contribution in [0.1, 0.15) is 0 Å². The lowest BCUT2D eigenvalue weighted by atomic mass is 10.5. The van der Waals surface area contributed by atoms with Gasteiger partial charge >= 0.3 is 0 Å². The molecule has 1 aliphatic heterocycles. The van der Waals surface area contributed by atoms with E-state index in [0.29, 0.717) is 13.1 Å². The Hall–Kier alpha value is -0.650. The number of hydrogen-bond donors (Lipinski definition) is 3. The smallest absolute Gasteiger partial charge is 0.0984 e. The van der Waals surface area contributed by atoms with Gasteiger partial charge in [-0.25, -0.2) is 0 Å². The molecule has 5 nitrogen and oxygen atoms in total. The SMILES string of the molecule is O=C([O-])C1NCCN1.[NH4+]. The van der Waals surface area contributed by atoms with Gasteiger partial charge in [-0.3, -0.25) is 10.6 Å². The van der Waals surface area contributed by atoms with Crippen molar-refractivity contribution in [3.63, 3.8) is 0 Å². The highest BCUT2D eigenvalue weighted by Gasteiger charge is 2.11. The molecule has 0 aromatic heterocycles. The second-order valence-corrected chi connectivity index (χ2v) is 1.66. The first-order valence-electron chi connectivity index (χ1n) is 2.48. The van der Waals surface area contributed by atoms with Gasteiger partial charge in [0.25, 0.3) is 0 Å². The van der Waals surface area contributed by atoms with Crippen LogP contribution in [-0.2, 0) is 4.79 Å². The summed E-state index contributed by atoms with van der Waals surface area (Å²) in [5, 5.41) is 15.3. The van der Waals surface area contributed by atoms with Crippen molar-refractivity contribution in [3.8, 4) is 0 Å². The van der Waals surface area contributed by atoms with E-state index >= 15 is 0 Å². The van der Waals surface area contributed by atoms with Crippen LogP contribution in [0.2, 0.25) is 0 Å². The summed E-state index contributed by atoms with van der Waals surface area (Å²) in [6.45, 7) is 1.41. The molecule has 1 rings (SSSR count). The Morgan fingerprint density at radius 1 is 1.44 bits per heavy atom. The molecule has 1 saturated heterocycles. The highest BCUT2D eigenvalue weighted by atomic mass is 16.4. The van der Waals surface area contributed by atoms with Crippen molar-refractivity contribution in [2.75, 3.05) is 13.1 Å². The summed E-state index contributed by atoms with van der Waals surface area (Å²) in [4.78, 5) is 9.97. The molecule has 1 fully saturated rings. The monoisotopic (exact) mass is 133 g/mol. The minimum Gasteiger partial charge on any atom is -0.547 e. The van der Waals surface area contributed by atoms with E-state index in [9.17, 15) is 9.90 Å². The number of rotatable bonds is 1. The number of aliphatic carboxylic acids is 1. The van der Waals surface area contributed by atoms with Crippen molar-refractivity contribution in [1.82, 2.24) is 16.8 Å². The molecule has 0 unspecified atom stereocenters. The van der Waals surface area contributed by atoms with Crippen molar-refractivity contribution in [1.29, 1.82) is 0 Å². The quantitative estimate of drug-likeness (QED) is 0.372. The maximum absolute atomic E-state index is 9.97. The van der Waals surface area contributed by atoms with E-state index in [-0.39, 0.29) is 6.15 Å². The number of carboxylic acids is 1. The van der Waals surface area contributed by atoms with Gasteiger partial charge in [0.15, 0.2) is 0 Å². The first-order valence-corrected chi connectivity index (χ1v) is 2.48. The average molecular weight is 133 g/mol. The van der Waals surface area contributed by atoms with Crippen LogP contribution in [-0.4, -0.2) is 25.2 Å². The van der Waals surface area contributed by atoms with Crippen LogP contribution in [0.3, 0.4) is 0 Å². The van der Waals surface area contributed by atoms with Crippen LogP contribution in [0.25, 0.3) is 0 Å². The van der Waals surface area contributed by atoms with Gasteiger partial charge in [0.05, 0.1) is 12.1 Å². The number of carboxylic acid groups (broad SMARTS) is 1. The van der Waals surface area contributed by atoms with Gasteiger partial charge in [-0.05, 0) is 0 Å². The number of nitrogens with one attached hydrogen (secondary N) is 2. The number of quaternary nitrogens is 1. The summed E-state index contributed by atoms with van der Waals surface area (Å²) in [7, 11) is 0.